The molecule has 0 fully saturated rings. The number of anilines is 1. The van der Waals surface area contributed by atoms with Crippen LogP contribution >= 0.6 is 11.8 Å². The standard InChI is InChI=1S/C14H13FN2O2S/c1-2-16-10-7-11(17(18)19)9-12(8-10)20-14-6-4-3-5-13(14)15/h3-9,16H,2H2,1H3. The zero-order chi connectivity index (χ0) is 14.5. The highest BCUT2D eigenvalue weighted by Gasteiger charge is 2.11. The molecule has 20 heavy (non-hydrogen) atoms. The molecule has 0 unspecified atom stereocenters. The molecule has 0 saturated heterocycles. The van der Waals surface area contributed by atoms with Gasteiger partial charge in [0.05, 0.1) is 4.92 Å². The van der Waals surface area contributed by atoms with Crippen molar-refractivity contribution < 1.29 is 9.31 Å². The molecule has 0 bridgehead atoms. The fraction of sp³-hybridized carbons (Fsp3) is 0.143. The number of nitrogens with zero attached hydrogens (tertiary/aromatic N) is 1. The SMILES string of the molecule is CCNc1cc(Sc2ccccc2F)cc([N+](=O)[O-])c1. The predicted molar refractivity (Wildman–Crippen MR) is 77.8 cm³/mol. The van der Waals surface area contributed by atoms with Gasteiger partial charge in [0, 0.05) is 34.2 Å². The minimum atomic E-state index is -0.452. The van der Waals surface area contributed by atoms with Crippen LogP contribution < -0.4 is 5.32 Å². The summed E-state index contributed by atoms with van der Waals surface area (Å²) in [7, 11) is 0. The van der Waals surface area contributed by atoms with E-state index in [2.05, 4.69) is 5.32 Å². The summed E-state index contributed by atoms with van der Waals surface area (Å²) in [5.41, 5.74) is 0.642. The number of nitro groups is 1. The van der Waals surface area contributed by atoms with Crippen molar-refractivity contribution in [1.29, 1.82) is 0 Å². The lowest BCUT2D eigenvalue weighted by Crippen LogP contribution is -1.98. The van der Waals surface area contributed by atoms with Gasteiger partial charge in [0.15, 0.2) is 0 Å². The van der Waals surface area contributed by atoms with Crippen LogP contribution in [0.3, 0.4) is 0 Å². The summed E-state index contributed by atoms with van der Waals surface area (Å²) in [5, 5.41) is 14.0. The molecule has 2 rings (SSSR count). The minimum Gasteiger partial charge on any atom is -0.385 e. The predicted octanol–water partition coefficient (Wildman–Crippen LogP) is 4.32. The lowest BCUT2D eigenvalue weighted by Gasteiger charge is -2.07. The lowest BCUT2D eigenvalue weighted by molar-refractivity contribution is -0.385. The molecule has 0 atom stereocenters. The number of benzene rings is 2. The van der Waals surface area contributed by atoms with Gasteiger partial charge in [0.25, 0.3) is 5.69 Å². The van der Waals surface area contributed by atoms with Crippen LogP contribution in [-0.4, -0.2) is 11.5 Å². The Morgan fingerprint density at radius 2 is 2.05 bits per heavy atom. The first-order valence-corrected chi connectivity index (χ1v) is 6.87. The van der Waals surface area contributed by atoms with Crippen LogP contribution in [-0.2, 0) is 0 Å². The second kappa shape index (κ2) is 6.38. The van der Waals surface area contributed by atoms with Gasteiger partial charge < -0.3 is 5.32 Å². The number of nitro benzene ring substituents is 1. The Kier molecular flexibility index (Phi) is 4.57. The second-order valence-corrected chi connectivity index (χ2v) is 5.15. The van der Waals surface area contributed by atoms with E-state index >= 15 is 0 Å². The van der Waals surface area contributed by atoms with E-state index in [-0.39, 0.29) is 11.5 Å². The van der Waals surface area contributed by atoms with Gasteiger partial charge in [-0.15, -0.1) is 0 Å². The molecule has 104 valence electrons. The molecule has 0 radical (unpaired) electrons. The Hall–Kier alpha value is -2.08. The van der Waals surface area contributed by atoms with E-state index in [1.165, 1.54) is 30.0 Å². The highest BCUT2D eigenvalue weighted by molar-refractivity contribution is 7.99. The Bertz CT molecular complexity index is 634. The van der Waals surface area contributed by atoms with Crippen LogP contribution in [0.1, 0.15) is 6.92 Å². The van der Waals surface area contributed by atoms with E-state index in [0.29, 0.717) is 22.0 Å². The Morgan fingerprint density at radius 1 is 1.30 bits per heavy atom. The largest absolute Gasteiger partial charge is 0.385 e. The maximum atomic E-state index is 13.6. The summed E-state index contributed by atoms with van der Waals surface area (Å²) in [6.45, 7) is 2.56. The van der Waals surface area contributed by atoms with Crippen LogP contribution in [0.25, 0.3) is 0 Å². The normalized spacial score (nSPS) is 10.3. The average molecular weight is 292 g/mol. The van der Waals surface area contributed by atoms with Crippen LogP contribution in [0.5, 0.6) is 0 Å². The van der Waals surface area contributed by atoms with Crippen LogP contribution in [0.15, 0.2) is 52.3 Å². The molecule has 0 aliphatic carbocycles. The Labute approximate surface area is 120 Å². The molecule has 6 heteroatoms. The summed E-state index contributed by atoms with van der Waals surface area (Å²) < 4.78 is 13.6. The van der Waals surface area contributed by atoms with Crippen molar-refractivity contribution in [3.8, 4) is 0 Å². The van der Waals surface area contributed by atoms with E-state index < -0.39 is 4.92 Å². The molecule has 0 heterocycles. The zero-order valence-electron chi connectivity index (χ0n) is 10.8. The third kappa shape index (κ3) is 3.48. The molecule has 2 aromatic carbocycles. The topological polar surface area (TPSA) is 55.2 Å². The van der Waals surface area contributed by atoms with Gasteiger partial charge in [-0.3, -0.25) is 10.1 Å². The van der Waals surface area contributed by atoms with Crippen molar-refractivity contribution in [1.82, 2.24) is 0 Å². The fourth-order valence-corrected chi connectivity index (χ4v) is 2.64. The van der Waals surface area contributed by atoms with Gasteiger partial charge in [-0.05, 0) is 25.1 Å². The van der Waals surface area contributed by atoms with Crippen LogP contribution in [0, 0.1) is 15.9 Å². The lowest BCUT2D eigenvalue weighted by atomic mass is 10.3. The average Bonchev–Trinajstić information content (AvgIpc) is 2.41. The maximum absolute atomic E-state index is 13.6. The van der Waals surface area contributed by atoms with Crippen molar-refractivity contribution in [2.24, 2.45) is 0 Å². The second-order valence-electron chi connectivity index (χ2n) is 4.04. The molecule has 2 aromatic rings. The fourth-order valence-electron chi connectivity index (χ4n) is 1.71. The molecule has 0 spiro atoms. The van der Waals surface area contributed by atoms with Crippen molar-refractivity contribution in [3.05, 3.63) is 58.4 Å². The monoisotopic (exact) mass is 292 g/mol. The summed E-state index contributed by atoms with van der Waals surface area (Å²) >= 11 is 1.17. The molecule has 0 aliphatic rings. The van der Waals surface area contributed by atoms with Gasteiger partial charge in [0.2, 0.25) is 0 Å². The molecule has 0 aromatic heterocycles. The zero-order valence-corrected chi connectivity index (χ0v) is 11.6. The third-order valence-electron chi connectivity index (χ3n) is 2.55. The molecule has 0 amide bonds. The van der Waals surface area contributed by atoms with E-state index in [9.17, 15) is 14.5 Å². The first-order chi connectivity index (χ1) is 9.60. The van der Waals surface area contributed by atoms with Crippen LogP contribution in [0.4, 0.5) is 15.8 Å². The molecule has 0 aliphatic heterocycles. The van der Waals surface area contributed by atoms with Gasteiger partial charge in [-0.2, -0.15) is 0 Å². The first kappa shape index (κ1) is 14.3. The number of non-ortho nitro benzene ring substituents is 1. The first-order valence-electron chi connectivity index (χ1n) is 6.06. The summed E-state index contributed by atoms with van der Waals surface area (Å²) in [4.78, 5) is 11.5. The number of nitrogens with one attached hydrogen (secondary N) is 1. The summed E-state index contributed by atoms with van der Waals surface area (Å²) in [6.07, 6.45) is 0. The number of rotatable bonds is 5. The van der Waals surface area contributed by atoms with Crippen molar-refractivity contribution in [2.75, 3.05) is 11.9 Å². The van der Waals surface area contributed by atoms with Gasteiger partial charge in [-0.1, -0.05) is 23.9 Å². The van der Waals surface area contributed by atoms with E-state index in [0.717, 1.165) is 0 Å². The molecule has 4 nitrogen and oxygen atoms in total. The molecular formula is C14H13FN2O2S. The maximum Gasteiger partial charge on any atom is 0.272 e. The van der Waals surface area contributed by atoms with Gasteiger partial charge >= 0.3 is 0 Å². The summed E-state index contributed by atoms with van der Waals surface area (Å²) in [5.74, 6) is -0.339. The molecule has 0 saturated carbocycles. The number of halogens is 1. The third-order valence-corrected chi connectivity index (χ3v) is 3.57. The van der Waals surface area contributed by atoms with Crippen molar-refractivity contribution in [3.63, 3.8) is 0 Å². The molecular weight excluding hydrogens is 279 g/mol. The Morgan fingerprint density at radius 3 is 2.70 bits per heavy atom. The highest BCUT2D eigenvalue weighted by atomic mass is 32.2. The van der Waals surface area contributed by atoms with E-state index in [1.54, 1.807) is 24.3 Å². The van der Waals surface area contributed by atoms with Gasteiger partial charge in [0.1, 0.15) is 5.82 Å². The smallest absolute Gasteiger partial charge is 0.272 e. The van der Waals surface area contributed by atoms with Crippen molar-refractivity contribution >= 4 is 23.1 Å². The molecule has 1 N–H and O–H groups in total. The van der Waals surface area contributed by atoms with E-state index in [1.807, 2.05) is 6.92 Å². The minimum absolute atomic E-state index is 0.0118. The number of hydrogen-bond acceptors (Lipinski definition) is 4. The number of hydrogen-bond donors (Lipinski definition) is 1. The van der Waals surface area contributed by atoms with Crippen molar-refractivity contribution in [2.45, 2.75) is 16.7 Å². The van der Waals surface area contributed by atoms with Crippen LogP contribution in [0.2, 0.25) is 0 Å². The Balaban J connectivity index is 2.35. The quantitative estimate of drug-likeness (QED) is 0.658. The van der Waals surface area contributed by atoms with E-state index in [4.69, 9.17) is 0 Å². The highest BCUT2D eigenvalue weighted by Crippen LogP contribution is 2.34. The van der Waals surface area contributed by atoms with Gasteiger partial charge in [-0.25, -0.2) is 4.39 Å². The summed E-state index contributed by atoms with van der Waals surface area (Å²) in [6, 6.07) is 11.0.